The van der Waals surface area contributed by atoms with Crippen LogP contribution in [-0.4, -0.2) is 51.0 Å². The molecule has 1 unspecified atom stereocenters. The molecule has 0 fully saturated rings. The van der Waals surface area contributed by atoms with E-state index in [0.717, 1.165) is 37.7 Å². The highest BCUT2D eigenvalue weighted by Crippen LogP contribution is 2.23. The molecular weight excluding hydrogens is 711 g/mol. The van der Waals surface area contributed by atoms with Gasteiger partial charge in [0.1, 0.15) is 19.8 Å². The Bertz CT molecular complexity index is 1020. The van der Waals surface area contributed by atoms with Gasteiger partial charge < -0.3 is 20.1 Å². The lowest BCUT2D eigenvalue weighted by atomic mass is 10.0. The van der Waals surface area contributed by atoms with Gasteiger partial charge in [-0.15, -0.1) is 9.05 Å². The molecule has 55 heavy (non-hydrogen) atoms. The van der Waals surface area contributed by atoms with E-state index in [-0.39, 0.29) is 32.3 Å². The molecule has 0 saturated carbocycles. The van der Waals surface area contributed by atoms with Gasteiger partial charge in [-0.25, -0.2) is 4.79 Å². The maximum Gasteiger partial charge on any atom is 0.697 e. The topological polar surface area (TPSA) is 112 Å². The van der Waals surface area contributed by atoms with E-state index < -0.39 is 20.4 Å². The molecule has 1 aromatic rings. The summed E-state index contributed by atoms with van der Waals surface area (Å²) in [5.41, 5.74) is 0.889. The van der Waals surface area contributed by atoms with Gasteiger partial charge in [0.05, 0.1) is 12.6 Å². The van der Waals surface area contributed by atoms with E-state index in [0.29, 0.717) is 19.6 Å². The molecule has 1 rings (SSSR count). The monoisotopic (exact) mass is 794 g/mol. The number of ether oxygens (including phenoxy) is 2. The van der Waals surface area contributed by atoms with Gasteiger partial charge in [0, 0.05) is 24.1 Å². The summed E-state index contributed by atoms with van der Waals surface area (Å²) in [6.07, 6.45) is 34.6. The fourth-order valence-corrected chi connectivity index (χ4v) is 7.21. The number of hydrogen-bond donors (Lipinski definition) is 2. The summed E-state index contributed by atoms with van der Waals surface area (Å²) in [5.74, 6) is -0.0360. The average Bonchev–Trinajstić information content (AvgIpc) is 3.19. The Balaban J connectivity index is 2.25. The third-order valence-electron chi connectivity index (χ3n) is 10.00. The Labute approximate surface area is 337 Å². The normalized spacial score (nSPS) is 12.1. The maximum atomic E-state index is 12.8. The molecule has 0 saturated heterocycles. The minimum Gasteiger partial charge on any atom is -0.445 e. The van der Waals surface area contributed by atoms with Crippen molar-refractivity contribution in [2.75, 3.05) is 33.0 Å². The van der Waals surface area contributed by atoms with Gasteiger partial charge in [0.2, 0.25) is 5.91 Å². The van der Waals surface area contributed by atoms with E-state index in [1.807, 2.05) is 30.3 Å². The molecule has 2 N–H and O–H groups in total. The zero-order chi connectivity index (χ0) is 39.7. The second kappa shape index (κ2) is 40.1. The molecule has 10 heteroatoms. The van der Waals surface area contributed by atoms with E-state index in [9.17, 15) is 14.2 Å². The lowest BCUT2D eigenvalue weighted by molar-refractivity contribution is -0.122. The number of carbonyl (C=O) groups excluding carboxylic acids is 2. The summed E-state index contributed by atoms with van der Waals surface area (Å²) in [4.78, 5) is 24.7. The van der Waals surface area contributed by atoms with Gasteiger partial charge in [0.25, 0.3) is 0 Å². The van der Waals surface area contributed by atoms with Gasteiger partial charge in [-0.3, -0.25) is 4.79 Å². The third-order valence-corrected chi connectivity index (χ3v) is 10.7. The van der Waals surface area contributed by atoms with E-state index >= 15 is 0 Å². The van der Waals surface area contributed by atoms with Crippen molar-refractivity contribution in [3.05, 3.63) is 35.9 Å². The highest BCUT2D eigenvalue weighted by molar-refractivity contribution is 7.33. The van der Waals surface area contributed by atoms with Gasteiger partial charge >= 0.3 is 14.3 Å². The molecule has 0 radical (unpaired) electrons. The predicted molar refractivity (Wildman–Crippen MR) is 228 cm³/mol. The minimum absolute atomic E-state index is 0.00133. The van der Waals surface area contributed by atoms with Crippen LogP contribution in [0.4, 0.5) is 4.79 Å². The molecule has 0 aromatic heterocycles. The summed E-state index contributed by atoms with van der Waals surface area (Å²) < 4.78 is 34.3. The molecule has 9 nitrogen and oxygen atoms in total. The second-order valence-corrected chi connectivity index (χ2v) is 16.2. The number of unbranched alkanes of at least 4 members (excludes halogenated alkanes) is 25. The number of rotatable bonds is 41. The lowest BCUT2D eigenvalue weighted by Crippen LogP contribution is -2.41. The quantitative estimate of drug-likeness (QED) is 0.0501. The Morgan fingerprint density at radius 1 is 0.582 bits per heavy atom. The summed E-state index contributed by atoms with van der Waals surface area (Å²) in [7, 11) is -2.43. The van der Waals surface area contributed by atoms with Crippen LogP contribution in [-0.2, 0) is 34.5 Å². The van der Waals surface area contributed by atoms with E-state index in [1.54, 1.807) is 0 Å². The Morgan fingerprint density at radius 3 is 1.56 bits per heavy atom. The molecule has 1 aromatic carbocycles. The number of benzene rings is 1. The van der Waals surface area contributed by atoms with Crippen LogP contribution in [0.1, 0.15) is 199 Å². The van der Waals surface area contributed by atoms with E-state index in [4.69, 9.17) is 18.5 Å². The fraction of sp³-hybridized carbons (Fsp3) is 0.822. The molecule has 2 atom stereocenters. The van der Waals surface area contributed by atoms with Crippen molar-refractivity contribution in [2.45, 2.75) is 206 Å². The molecule has 0 spiro atoms. The first-order chi connectivity index (χ1) is 27.0. The molecule has 0 aliphatic heterocycles. The van der Waals surface area contributed by atoms with Crippen LogP contribution in [0, 0.1) is 0 Å². The average molecular weight is 794 g/mol. The SMILES string of the molecule is CCCCCCCCCCCCCCCCOC[C@H](CO[P+](=O)OCCNC(=O)OCc1ccccc1)NC(=O)CCCCCCCCCCCCCCC. The smallest absolute Gasteiger partial charge is 0.445 e. The van der Waals surface area contributed by atoms with Crippen molar-refractivity contribution in [3.8, 4) is 0 Å². The van der Waals surface area contributed by atoms with Gasteiger partial charge in [-0.1, -0.05) is 205 Å². The van der Waals surface area contributed by atoms with Crippen molar-refractivity contribution in [1.82, 2.24) is 10.6 Å². The molecule has 0 bridgehead atoms. The Morgan fingerprint density at radius 2 is 1.05 bits per heavy atom. The van der Waals surface area contributed by atoms with Crippen molar-refractivity contribution in [2.24, 2.45) is 0 Å². The minimum atomic E-state index is -2.43. The van der Waals surface area contributed by atoms with E-state index in [2.05, 4.69) is 24.5 Å². The summed E-state index contributed by atoms with van der Waals surface area (Å²) in [5, 5.41) is 5.61. The van der Waals surface area contributed by atoms with Crippen LogP contribution in [0.15, 0.2) is 30.3 Å². The number of carbonyl (C=O) groups is 2. The molecule has 0 heterocycles. The largest absolute Gasteiger partial charge is 0.697 e. The first-order valence-corrected chi connectivity index (χ1v) is 23.7. The number of hydrogen-bond acceptors (Lipinski definition) is 7. The summed E-state index contributed by atoms with van der Waals surface area (Å²) in [6.45, 7) is 5.76. The fourth-order valence-electron chi connectivity index (χ4n) is 6.59. The lowest BCUT2D eigenvalue weighted by Gasteiger charge is -2.16. The number of alkyl carbamates (subject to hydrolysis) is 1. The van der Waals surface area contributed by atoms with Crippen LogP contribution in [0.25, 0.3) is 0 Å². The van der Waals surface area contributed by atoms with Crippen LogP contribution < -0.4 is 10.6 Å². The molecule has 2 amide bonds. The van der Waals surface area contributed by atoms with Gasteiger partial charge in [-0.05, 0) is 18.4 Å². The van der Waals surface area contributed by atoms with Crippen LogP contribution >= 0.6 is 8.25 Å². The van der Waals surface area contributed by atoms with Gasteiger partial charge in [0.15, 0.2) is 0 Å². The van der Waals surface area contributed by atoms with Crippen molar-refractivity contribution in [1.29, 1.82) is 0 Å². The Kier molecular flexibility index (Phi) is 37.2. The van der Waals surface area contributed by atoms with Crippen molar-refractivity contribution in [3.63, 3.8) is 0 Å². The van der Waals surface area contributed by atoms with E-state index in [1.165, 1.54) is 141 Å². The molecule has 0 aliphatic rings. The zero-order valence-electron chi connectivity index (χ0n) is 35.3. The highest BCUT2D eigenvalue weighted by Gasteiger charge is 2.24. The maximum absolute atomic E-state index is 12.8. The van der Waals surface area contributed by atoms with Crippen LogP contribution in [0.5, 0.6) is 0 Å². The predicted octanol–water partition coefficient (Wildman–Crippen LogP) is 13.1. The molecule has 0 aliphatic carbocycles. The van der Waals surface area contributed by atoms with Crippen molar-refractivity contribution < 1.29 is 32.7 Å². The molecule has 318 valence electrons. The summed E-state index contributed by atoms with van der Waals surface area (Å²) in [6, 6.07) is 8.99. The highest BCUT2D eigenvalue weighted by atomic mass is 31.1. The number of nitrogens with one attached hydrogen (secondary N) is 2. The number of amides is 2. The zero-order valence-corrected chi connectivity index (χ0v) is 36.2. The third kappa shape index (κ3) is 36.1. The first-order valence-electron chi connectivity index (χ1n) is 22.6. The summed E-state index contributed by atoms with van der Waals surface area (Å²) >= 11 is 0. The standard InChI is InChI=1S/C45H81N2O7P/c1-3-5-7-9-11-13-15-17-19-21-23-25-27-32-37-51-40-43(47-44(48)35-31-26-24-22-20-18-16-14-12-10-8-6-4-2)41-54-55(50)53-38-36-46-45(49)52-39-42-33-29-28-30-34-42/h28-30,33-34,43H,3-27,31-32,35-41H2,1-2H3,(H-,46,47,48,49)/p+1/t43-/m1/s1. The van der Waals surface area contributed by atoms with Gasteiger partial charge in [-0.2, -0.15) is 0 Å². The Hall–Kier alpha value is -2.06. The second-order valence-electron chi connectivity index (χ2n) is 15.3. The molecular formula is C45H82N2O7P+. The van der Waals surface area contributed by atoms with Crippen molar-refractivity contribution >= 4 is 20.3 Å². The van der Waals surface area contributed by atoms with Crippen LogP contribution in [0.2, 0.25) is 0 Å². The van der Waals surface area contributed by atoms with Crippen LogP contribution in [0.3, 0.4) is 0 Å². The first kappa shape index (κ1) is 51.0.